The average molecular weight is 885 g/mol. The Labute approximate surface area is 391 Å². The van der Waals surface area contributed by atoms with Crippen molar-refractivity contribution in [2.75, 3.05) is 13.2 Å². The van der Waals surface area contributed by atoms with Crippen LogP contribution in [0.3, 0.4) is 0 Å². The molecule has 0 rings (SSSR count). The fraction of sp³-hybridized carbons (Fsp3) is 0.842. The topological polar surface area (TPSA) is 78.9 Å². The van der Waals surface area contributed by atoms with E-state index < -0.39 is 6.10 Å². The van der Waals surface area contributed by atoms with Gasteiger partial charge in [-0.3, -0.25) is 14.4 Å². The van der Waals surface area contributed by atoms with Crippen molar-refractivity contribution in [3.8, 4) is 0 Å². The number of carbonyl (C=O) groups excluding carboxylic acids is 3. The second-order valence-corrected chi connectivity index (χ2v) is 18.5. The van der Waals surface area contributed by atoms with E-state index in [1.54, 1.807) is 0 Å². The van der Waals surface area contributed by atoms with Gasteiger partial charge in [0.2, 0.25) is 0 Å². The van der Waals surface area contributed by atoms with Crippen molar-refractivity contribution in [2.45, 2.75) is 297 Å². The van der Waals surface area contributed by atoms with Gasteiger partial charge in [0.05, 0.1) is 0 Å². The van der Waals surface area contributed by atoms with Crippen molar-refractivity contribution in [3.05, 3.63) is 36.5 Å². The Bertz CT molecular complexity index is 1060. The summed E-state index contributed by atoms with van der Waals surface area (Å²) in [6.45, 7) is 6.62. The first-order valence-electron chi connectivity index (χ1n) is 27.5. The predicted molar refractivity (Wildman–Crippen MR) is 270 cm³/mol. The highest BCUT2D eigenvalue weighted by atomic mass is 16.6. The minimum absolute atomic E-state index is 0.0758. The van der Waals surface area contributed by atoms with Crippen LogP contribution in [-0.2, 0) is 28.6 Å². The van der Waals surface area contributed by atoms with E-state index in [0.717, 1.165) is 77.0 Å². The summed E-state index contributed by atoms with van der Waals surface area (Å²) in [7, 11) is 0. The fourth-order valence-electron chi connectivity index (χ4n) is 7.94. The highest BCUT2D eigenvalue weighted by Gasteiger charge is 2.19. The Morgan fingerprint density at radius 1 is 0.317 bits per heavy atom. The van der Waals surface area contributed by atoms with Gasteiger partial charge in [-0.2, -0.15) is 0 Å². The zero-order valence-corrected chi connectivity index (χ0v) is 42.1. The van der Waals surface area contributed by atoms with Crippen LogP contribution in [0.4, 0.5) is 0 Å². The maximum atomic E-state index is 12.8. The molecule has 1 atom stereocenters. The van der Waals surface area contributed by atoms with Gasteiger partial charge in [0.25, 0.3) is 0 Å². The fourth-order valence-corrected chi connectivity index (χ4v) is 7.94. The number of allylic oxidation sites excluding steroid dienone is 6. The summed E-state index contributed by atoms with van der Waals surface area (Å²) >= 11 is 0. The zero-order valence-electron chi connectivity index (χ0n) is 42.1. The molecule has 0 heterocycles. The van der Waals surface area contributed by atoms with E-state index in [9.17, 15) is 14.4 Å². The van der Waals surface area contributed by atoms with Crippen LogP contribution in [0.1, 0.15) is 290 Å². The lowest BCUT2D eigenvalue weighted by molar-refractivity contribution is -0.167. The van der Waals surface area contributed by atoms with Crippen LogP contribution < -0.4 is 0 Å². The number of rotatable bonds is 50. The molecule has 0 aromatic rings. The van der Waals surface area contributed by atoms with Crippen molar-refractivity contribution in [2.24, 2.45) is 0 Å². The maximum absolute atomic E-state index is 12.8. The highest BCUT2D eigenvalue weighted by Crippen LogP contribution is 2.16. The summed E-state index contributed by atoms with van der Waals surface area (Å²) in [6.07, 6.45) is 61.2. The third kappa shape index (κ3) is 50.5. The van der Waals surface area contributed by atoms with Crippen molar-refractivity contribution < 1.29 is 28.6 Å². The van der Waals surface area contributed by atoms with E-state index in [2.05, 4.69) is 57.2 Å². The normalized spacial score (nSPS) is 12.2. The molecular weight excluding hydrogens is 781 g/mol. The quantitative estimate of drug-likeness (QED) is 0.0262. The highest BCUT2D eigenvalue weighted by molar-refractivity contribution is 5.71. The third-order valence-corrected chi connectivity index (χ3v) is 12.1. The molecule has 0 N–H and O–H groups in total. The monoisotopic (exact) mass is 885 g/mol. The molecule has 0 saturated carbocycles. The second kappa shape index (κ2) is 52.3. The van der Waals surface area contributed by atoms with Crippen molar-refractivity contribution >= 4 is 17.9 Å². The van der Waals surface area contributed by atoms with Crippen molar-refractivity contribution in [1.82, 2.24) is 0 Å². The smallest absolute Gasteiger partial charge is 0.306 e. The second-order valence-electron chi connectivity index (χ2n) is 18.5. The van der Waals surface area contributed by atoms with Gasteiger partial charge in [0, 0.05) is 19.3 Å². The zero-order chi connectivity index (χ0) is 45.8. The summed E-state index contributed by atoms with van der Waals surface area (Å²) in [4.78, 5) is 38.0. The van der Waals surface area contributed by atoms with Crippen LogP contribution in [0, 0.1) is 0 Å². The van der Waals surface area contributed by atoms with E-state index >= 15 is 0 Å². The molecule has 0 radical (unpaired) electrons. The van der Waals surface area contributed by atoms with E-state index in [0.29, 0.717) is 19.3 Å². The Hall–Kier alpha value is -2.37. The van der Waals surface area contributed by atoms with Crippen LogP contribution in [0.5, 0.6) is 0 Å². The molecular formula is C57H104O6. The number of hydrogen-bond acceptors (Lipinski definition) is 6. The molecule has 0 spiro atoms. The predicted octanol–water partition coefficient (Wildman–Crippen LogP) is 18.1. The Morgan fingerprint density at radius 3 is 0.921 bits per heavy atom. The average Bonchev–Trinajstić information content (AvgIpc) is 3.28. The molecule has 0 aliphatic rings. The minimum Gasteiger partial charge on any atom is -0.462 e. The van der Waals surface area contributed by atoms with Gasteiger partial charge in [-0.25, -0.2) is 0 Å². The first kappa shape index (κ1) is 60.6. The van der Waals surface area contributed by atoms with Gasteiger partial charge in [-0.05, 0) is 77.0 Å². The number of ether oxygens (including phenoxy) is 3. The standard InChI is InChI=1S/C57H104O6/c1-4-7-10-13-16-19-22-25-27-28-30-33-35-38-41-44-47-50-56(59)62-53-54(63-57(60)51-48-45-42-39-36-31-24-21-18-15-12-9-6-3)52-61-55(58)49-46-43-40-37-34-32-29-26-23-20-17-14-11-8-5-2/h16,19,25-27,29,54H,4-15,17-18,20-24,28,30-53H2,1-3H3/t54-/m1/s1. The molecule has 0 amide bonds. The maximum Gasteiger partial charge on any atom is 0.306 e. The molecule has 0 saturated heterocycles. The lowest BCUT2D eigenvalue weighted by atomic mass is 10.0. The molecule has 63 heavy (non-hydrogen) atoms. The van der Waals surface area contributed by atoms with Gasteiger partial charge < -0.3 is 14.2 Å². The molecule has 0 aliphatic heterocycles. The van der Waals surface area contributed by atoms with Gasteiger partial charge in [-0.1, -0.05) is 231 Å². The van der Waals surface area contributed by atoms with Gasteiger partial charge in [0.15, 0.2) is 6.10 Å². The molecule has 6 heteroatoms. The van der Waals surface area contributed by atoms with Crippen molar-refractivity contribution in [3.63, 3.8) is 0 Å². The molecule has 0 aromatic heterocycles. The number of hydrogen-bond donors (Lipinski definition) is 0. The van der Waals surface area contributed by atoms with E-state index in [-0.39, 0.29) is 31.1 Å². The summed E-state index contributed by atoms with van der Waals surface area (Å²) in [5.74, 6) is -0.877. The van der Waals surface area contributed by atoms with Crippen LogP contribution in [0.2, 0.25) is 0 Å². The van der Waals surface area contributed by atoms with Gasteiger partial charge in [-0.15, -0.1) is 0 Å². The number of carbonyl (C=O) groups is 3. The summed E-state index contributed by atoms with van der Waals surface area (Å²) in [5.41, 5.74) is 0. The summed E-state index contributed by atoms with van der Waals surface area (Å²) < 4.78 is 16.8. The van der Waals surface area contributed by atoms with E-state index in [1.807, 2.05) is 0 Å². The third-order valence-electron chi connectivity index (χ3n) is 12.1. The van der Waals surface area contributed by atoms with Gasteiger partial charge in [0.1, 0.15) is 13.2 Å². The number of unbranched alkanes of at least 4 members (excludes halogenated alkanes) is 33. The largest absolute Gasteiger partial charge is 0.462 e. The lowest BCUT2D eigenvalue weighted by Crippen LogP contribution is -2.30. The van der Waals surface area contributed by atoms with Gasteiger partial charge >= 0.3 is 17.9 Å². The SMILES string of the molecule is CCCCCC=CCC=CCCCCCCCCCC(=O)OC[C@@H](COC(=O)CCCCCCCC=CCCCCCCCC)OC(=O)CCCCCCCCCCCCCCC. The minimum atomic E-state index is -0.775. The molecule has 0 unspecified atom stereocenters. The molecule has 368 valence electrons. The lowest BCUT2D eigenvalue weighted by Gasteiger charge is -2.18. The summed E-state index contributed by atoms with van der Waals surface area (Å²) in [6, 6.07) is 0. The first-order valence-corrected chi connectivity index (χ1v) is 27.5. The van der Waals surface area contributed by atoms with Crippen LogP contribution in [0.25, 0.3) is 0 Å². The van der Waals surface area contributed by atoms with Crippen LogP contribution in [-0.4, -0.2) is 37.2 Å². The Morgan fingerprint density at radius 2 is 0.571 bits per heavy atom. The molecule has 0 fully saturated rings. The molecule has 0 bridgehead atoms. The van der Waals surface area contributed by atoms with E-state index in [4.69, 9.17) is 14.2 Å². The van der Waals surface area contributed by atoms with Crippen molar-refractivity contribution in [1.29, 1.82) is 0 Å². The van der Waals surface area contributed by atoms with Crippen LogP contribution in [0.15, 0.2) is 36.5 Å². The summed E-state index contributed by atoms with van der Waals surface area (Å²) in [5, 5.41) is 0. The van der Waals surface area contributed by atoms with E-state index in [1.165, 1.54) is 173 Å². The number of esters is 3. The Kier molecular flexibility index (Phi) is 50.3. The molecule has 0 aromatic carbocycles. The first-order chi connectivity index (χ1) is 31.0. The van der Waals surface area contributed by atoms with Crippen LogP contribution >= 0.6 is 0 Å². The molecule has 6 nitrogen and oxygen atoms in total. The Balaban J connectivity index is 4.36. The molecule has 0 aliphatic carbocycles.